The zero-order valence-corrected chi connectivity index (χ0v) is 15.5. The lowest BCUT2D eigenvalue weighted by atomic mass is 10.0. The monoisotopic (exact) mass is 376 g/mol. The van der Waals surface area contributed by atoms with E-state index in [1.807, 2.05) is 0 Å². The van der Waals surface area contributed by atoms with Crippen molar-refractivity contribution in [3.05, 3.63) is 41.5 Å². The van der Waals surface area contributed by atoms with Crippen molar-refractivity contribution in [3.8, 4) is 11.5 Å². The normalized spacial score (nSPS) is 26.3. The standard InChI is InChI=1S/C20H24O7/c1-12-6-4-8-15(21)19(23)16(22)9-5-7-13-10-14(25-2)11-17(26-3)18(13)20(24)27-12/h4-5,7-8,10-12,16,19,22-23H,6,9H2,1-3H3/b7-5+,8-4-/t12-,16-,19+/m0/s1. The second-order valence-electron chi connectivity index (χ2n) is 6.20. The van der Waals surface area contributed by atoms with E-state index in [0.29, 0.717) is 17.1 Å². The summed E-state index contributed by atoms with van der Waals surface area (Å²) in [5.41, 5.74) is 0.706. The molecule has 0 amide bonds. The highest BCUT2D eigenvalue weighted by Crippen LogP contribution is 2.31. The summed E-state index contributed by atoms with van der Waals surface area (Å²) in [5, 5.41) is 19.9. The maximum absolute atomic E-state index is 12.7. The quantitative estimate of drug-likeness (QED) is 0.760. The van der Waals surface area contributed by atoms with Gasteiger partial charge in [-0.25, -0.2) is 4.79 Å². The van der Waals surface area contributed by atoms with Crippen LogP contribution in [-0.2, 0) is 9.53 Å². The molecule has 0 fully saturated rings. The minimum atomic E-state index is -1.52. The van der Waals surface area contributed by atoms with Gasteiger partial charge in [0.1, 0.15) is 29.3 Å². The molecule has 1 aliphatic rings. The molecule has 0 aromatic heterocycles. The molecule has 1 aromatic rings. The first-order valence-corrected chi connectivity index (χ1v) is 8.57. The number of rotatable bonds is 2. The van der Waals surface area contributed by atoms with E-state index in [1.165, 1.54) is 26.4 Å². The zero-order valence-electron chi connectivity index (χ0n) is 15.5. The molecule has 2 N–H and O–H groups in total. The second-order valence-corrected chi connectivity index (χ2v) is 6.20. The van der Waals surface area contributed by atoms with Gasteiger partial charge in [-0.3, -0.25) is 4.79 Å². The first kappa shape index (κ1) is 20.7. The number of carbonyl (C=O) groups excluding carboxylic acids is 2. The molecule has 0 spiro atoms. The molecule has 7 heteroatoms. The van der Waals surface area contributed by atoms with E-state index in [2.05, 4.69) is 0 Å². The first-order chi connectivity index (χ1) is 12.9. The summed E-state index contributed by atoms with van der Waals surface area (Å²) in [5.74, 6) is -0.394. The van der Waals surface area contributed by atoms with Crippen LogP contribution in [0.2, 0.25) is 0 Å². The predicted octanol–water partition coefficient (Wildman–Crippen LogP) is 1.90. The molecule has 0 bridgehead atoms. The van der Waals surface area contributed by atoms with E-state index in [9.17, 15) is 19.8 Å². The molecule has 0 aliphatic carbocycles. The molecule has 0 saturated heterocycles. The van der Waals surface area contributed by atoms with E-state index in [1.54, 1.807) is 31.2 Å². The minimum Gasteiger partial charge on any atom is -0.497 e. The summed E-state index contributed by atoms with van der Waals surface area (Å²) in [4.78, 5) is 24.6. The minimum absolute atomic E-state index is 0.0190. The molecule has 0 radical (unpaired) electrons. The van der Waals surface area contributed by atoms with E-state index >= 15 is 0 Å². The number of fused-ring (bicyclic) bond motifs is 1. The topological polar surface area (TPSA) is 102 Å². The third-order valence-corrected chi connectivity index (χ3v) is 4.16. The van der Waals surface area contributed by atoms with Gasteiger partial charge in [0, 0.05) is 12.5 Å². The fourth-order valence-electron chi connectivity index (χ4n) is 2.66. The number of benzene rings is 1. The van der Waals surface area contributed by atoms with Gasteiger partial charge in [-0.2, -0.15) is 0 Å². The zero-order chi connectivity index (χ0) is 20.0. The Kier molecular flexibility index (Phi) is 7.15. The summed E-state index contributed by atoms with van der Waals surface area (Å²) in [7, 11) is 2.93. The van der Waals surface area contributed by atoms with Crippen molar-refractivity contribution in [1.29, 1.82) is 0 Å². The van der Waals surface area contributed by atoms with Crippen molar-refractivity contribution in [2.24, 2.45) is 0 Å². The molecule has 1 aliphatic heterocycles. The lowest BCUT2D eigenvalue weighted by molar-refractivity contribution is -0.127. The van der Waals surface area contributed by atoms with Crippen LogP contribution in [0.25, 0.3) is 6.08 Å². The Bertz CT molecular complexity index is 751. The molecule has 7 nitrogen and oxygen atoms in total. The van der Waals surface area contributed by atoms with Gasteiger partial charge in [0.15, 0.2) is 5.78 Å². The molecule has 0 saturated carbocycles. The first-order valence-electron chi connectivity index (χ1n) is 8.57. The van der Waals surface area contributed by atoms with Gasteiger partial charge in [0.05, 0.1) is 20.3 Å². The Labute approximate surface area is 157 Å². The number of cyclic esters (lactones) is 1. The number of carbonyl (C=O) groups is 2. The maximum atomic E-state index is 12.7. The molecule has 27 heavy (non-hydrogen) atoms. The SMILES string of the molecule is COc1cc2c(c(OC)c1)C(=O)O[C@@H](C)C/C=C\C(=O)[C@@H](O)[C@@H](O)C/C=C/2. The fourth-order valence-corrected chi connectivity index (χ4v) is 2.66. The third-order valence-electron chi connectivity index (χ3n) is 4.16. The van der Waals surface area contributed by atoms with E-state index in [-0.39, 0.29) is 18.4 Å². The molecule has 1 aromatic carbocycles. The number of ether oxygens (including phenoxy) is 3. The van der Waals surface area contributed by atoms with Gasteiger partial charge in [0.25, 0.3) is 0 Å². The van der Waals surface area contributed by atoms with Crippen LogP contribution >= 0.6 is 0 Å². The van der Waals surface area contributed by atoms with Crippen molar-refractivity contribution in [1.82, 2.24) is 0 Å². The van der Waals surface area contributed by atoms with Crippen LogP contribution in [0.5, 0.6) is 11.5 Å². The Balaban J connectivity index is 2.50. The molecule has 146 valence electrons. The smallest absolute Gasteiger partial charge is 0.342 e. The van der Waals surface area contributed by atoms with Crippen LogP contribution in [0.1, 0.15) is 35.7 Å². The molecule has 0 unspecified atom stereocenters. The van der Waals surface area contributed by atoms with Crippen LogP contribution < -0.4 is 9.47 Å². The number of methoxy groups -OCH3 is 2. The van der Waals surface area contributed by atoms with Crippen molar-refractivity contribution in [2.75, 3.05) is 14.2 Å². The third kappa shape index (κ3) is 5.18. The van der Waals surface area contributed by atoms with E-state index in [4.69, 9.17) is 14.2 Å². The highest BCUT2D eigenvalue weighted by Gasteiger charge is 2.24. The molecule has 1 heterocycles. The maximum Gasteiger partial charge on any atom is 0.342 e. The van der Waals surface area contributed by atoms with Gasteiger partial charge >= 0.3 is 5.97 Å². The second kappa shape index (κ2) is 9.34. The average Bonchev–Trinajstić information content (AvgIpc) is 2.65. The van der Waals surface area contributed by atoms with Gasteiger partial charge in [-0.1, -0.05) is 18.2 Å². The van der Waals surface area contributed by atoms with Gasteiger partial charge in [-0.15, -0.1) is 0 Å². The highest BCUT2D eigenvalue weighted by molar-refractivity contribution is 5.97. The number of aliphatic hydroxyl groups is 2. The summed E-state index contributed by atoms with van der Waals surface area (Å²) >= 11 is 0. The van der Waals surface area contributed by atoms with Gasteiger partial charge in [-0.05, 0) is 31.1 Å². The number of hydrogen-bond donors (Lipinski definition) is 2. The van der Waals surface area contributed by atoms with Gasteiger partial charge in [0.2, 0.25) is 0 Å². The van der Waals surface area contributed by atoms with Crippen LogP contribution in [0.3, 0.4) is 0 Å². The van der Waals surface area contributed by atoms with Crippen LogP contribution in [-0.4, -0.2) is 54.5 Å². The Morgan fingerprint density at radius 2 is 1.74 bits per heavy atom. The highest BCUT2D eigenvalue weighted by atomic mass is 16.5. The lowest BCUT2D eigenvalue weighted by Gasteiger charge is -2.17. The van der Waals surface area contributed by atoms with Crippen molar-refractivity contribution in [3.63, 3.8) is 0 Å². The van der Waals surface area contributed by atoms with Crippen LogP contribution in [0.15, 0.2) is 30.4 Å². The lowest BCUT2D eigenvalue weighted by Crippen LogP contribution is -2.32. The van der Waals surface area contributed by atoms with Crippen molar-refractivity contribution < 1.29 is 34.0 Å². The van der Waals surface area contributed by atoms with E-state index in [0.717, 1.165) is 0 Å². The van der Waals surface area contributed by atoms with Gasteiger partial charge < -0.3 is 24.4 Å². The van der Waals surface area contributed by atoms with Crippen LogP contribution in [0.4, 0.5) is 0 Å². The molecule has 2 rings (SSSR count). The number of aliphatic hydroxyl groups excluding tert-OH is 2. The average molecular weight is 376 g/mol. The molecular weight excluding hydrogens is 352 g/mol. The number of esters is 1. The summed E-state index contributed by atoms with van der Waals surface area (Å²) in [6, 6.07) is 3.22. The van der Waals surface area contributed by atoms with Crippen molar-refractivity contribution in [2.45, 2.75) is 38.1 Å². The van der Waals surface area contributed by atoms with E-state index < -0.39 is 30.1 Å². The Morgan fingerprint density at radius 1 is 1.04 bits per heavy atom. The molecule has 3 atom stereocenters. The fraction of sp³-hybridized carbons (Fsp3) is 0.400. The largest absolute Gasteiger partial charge is 0.497 e. The number of ketones is 1. The summed E-state index contributed by atoms with van der Waals surface area (Å²) in [6.07, 6.45) is 2.86. The number of hydrogen-bond acceptors (Lipinski definition) is 7. The Hall–Kier alpha value is -2.64. The predicted molar refractivity (Wildman–Crippen MR) is 98.9 cm³/mol. The molecular formula is C20H24O7. The Morgan fingerprint density at radius 3 is 2.41 bits per heavy atom. The summed E-state index contributed by atoms with van der Waals surface area (Å²) < 4.78 is 16.0. The van der Waals surface area contributed by atoms with Crippen LogP contribution in [0, 0.1) is 0 Å². The summed E-state index contributed by atoms with van der Waals surface area (Å²) in [6.45, 7) is 1.69. The van der Waals surface area contributed by atoms with Crippen molar-refractivity contribution >= 4 is 17.8 Å².